The summed E-state index contributed by atoms with van der Waals surface area (Å²) in [6.45, 7) is 0.0872. The molecule has 0 bridgehead atoms. The summed E-state index contributed by atoms with van der Waals surface area (Å²) in [6.07, 6.45) is 6.37. The molecule has 0 fully saturated rings. The standard InChI is InChI=1S/C24H27NO4/c1-28-22(26)21(19-13-7-3-8-14-19)24(25,20-15-9-4-10-16-20)23(27)29-17-18-11-5-2-6-12-18/h2-7,9-12,15-16,19,21H,8,13-14,17,25H2,1H3. The number of rotatable bonds is 7. The summed E-state index contributed by atoms with van der Waals surface area (Å²) >= 11 is 0. The summed E-state index contributed by atoms with van der Waals surface area (Å²) in [5.74, 6) is -2.07. The van der Waals surface area contributed by atoms with E-state index in [1.165, 1.54) is 7.11 Å². The molecule has 2 aromatic carbocycles. The topological polar surface area (TPSA) is 78.6 Å². The number of esters is 2. The van der Waals surface area contributed by atoms with E-state index in [1.807, 2.05) is 42.5 Å². The van der Waals surface area contributed by atoms with Crippen molar-refractivity contribution in [3.8, 4) is 0 Å². The smallest absolute Gasteiger partial charge is 0.332 e. The molecule has 29 heavy (non-hydrogen) atoms. The van der Waals surface area contributed by atoms with Crippen LogP contribution in [0.2, 0.25) is 0 Å². The molecule has 0 spiro atoms. The first-order chi connectivity index (χ1) is 14.1. The van der Waals surface area contributed by atoms with Crippen molar-refractivity contribution in [2.24, 2.45) is 17.6 Å². The number of hydrogen-bond donors (Lipinski definition) is 1. The van der Waals surface area contributed by atoms with Crippen LogP contribution in [0.5, 0.6) is 0 Å². The monoisotopic (exact) mass is 393 g/mol. The molecule has 1 aliphatic rings. The zero-order chi connectivity index (χ0) is 20.7. The van der Waals surface area contributed by atoms with Gasteiger partial charge in [0.1, 0.15) is 6.61 Å². The molecule has 3 atom stereocenters. The maximum Gasteiger partial charge on any atom is 0.332 e. The predicted octanol–water partition coefficient (Wildman–Crippen LogP) is 3.73. The second kappa shape index (κ2) is 9.52. The van der Waals surface area contributed by atoms with Crippen LogP contribution in [-0.4, -0.2) is 19.0 Å². The number of carbonyl (C=O) groups excluding carboxylic acids is 2. The SMILES string of the molecule is COC(=O)C(C1CC=CCC1)C(N)(C(=O)OCc1ccccc1)c1ccccc1. The highest BCUT2D eigenvalue weighted by Gasteiger charge is 2.52. The van der Waals surface area contributed by atoms with E-state index in [2.05, 4.69) is 6.08 Å². The second-order valence-electron chi connectivity index (χ2n) is 7.34. The van der Waals surface area contributed by atoms with Crippen molar-refractivity contribution < 1.29 is 19.1 Å². The summed E-state index contributed by atoms with van der Waals surface area (Å²) in [5, 5.41) is 0. The van der Waals surface area contributed by atoms with Crippen LogP contribution in [0.3, 0.4) is 0 Å². The lowest BCUT2D eigenvalue weighted by Crippen LogP contribution is -2.57. The Morgan fingerprint density at radius 1 is 1.07 bits per heavy atom. The van der Waals surface area contributed by atoms with E-state index < -0.39 is 23.4 Å². The van der Waals surface area contributed by atoms with Crippen LogP contribution in [-0.2, 0) is 31.2 Å². The molecular weight excluding hydrogens is 366 g/mol. The van der Waals surface area contributed by atoms with E-state index in [4.69, 9.17) is 15.2 Å². The summed E-state index contributed by atoms with van der Waals surface area (Å²) in [7, 11) is 1.33. The zero-order valence-corrected chi connectivity index (χ0v) is 16.6. The van der Waals surface area contributed by atoms with Gasteiger partial charge in [0.25, 0.3) is 0 Å². The van der Waals surface area contributed by atoms with Crippen molar-refractivity contribution in [3.63, 3.8) is 0 Å². The number of hydrogen-bond acceptors (Lipinski definition) is 5. The molecule has 0 radical (unpaired) electrons. The summed E-state index contributed by atoms with van der Waals surface area (Å²) in [6, 6.07) is 18.4. The number of carbonyl (C=O) groups is 2. The highest BCUT2D eigenvalue weighted by Crippen LogP contribution is 2.40. The maximum atomic E-state index is 13.4. The lowest BCUT2D eigenvalue weighted by Gasteiger charge is -2.39. The van der Waals surface area contributed by atoms with Crippen molar-refractivity contribution in [2.75, 3.05) is 7.11 Å². The van der Waals surface area contributed by atoms with Gasteiger partial charge in [0, 0.05) is 0 Å². The van der Waals surface area contributed by atoms with Crippen LogP contribution in [0.15, 0.2) is 72.8 Å². The molecule has 5 heteroatoms. The minimum absolute atomic E-state index is 0.0872. The minimum Gasteiger partial charge on any atom is -0.469 e. The quantitative estimate of drug-likeness (QED) is 0.573. The van der Waals surface area contributed by atoms with Gasteiger partial charge >= 0.3 is 11.9 Å². The molecule has 3 rings (SSSR count). The Morgan fingerprint density at radius 2 is 1.72 bits per heavy atom. The second-order valence-corrected chi connectivity index (χ2v) is 7.34. The molecule has 0 amide bonds. The molecule has 0 aromatic heterocycles. The molecule has 3 unspecified atom stereocenters. The minimum atomic E-state index is -1.64. The number of methoxy groups -OCH3 is 1. The molecule has 0 saturated carbocycles. The van der Waals surface area contributed by atoms with Gasteiger partial charge in [-0.2, -0.15) is 0 Å². The Labute approximate surface area is 171 Å². The van der Waals surface area contributed by atoms with E-state index in [9.17, 15) is 9.59 Å². The Morgan fingerprint density at radius 3 is 2.31 bits per heavy atom. The third-order valence-electron chi connectivity index (χ3n) is 5.53. The van der Waals surface area contributed by atoms with E-state index in [0.29, 0.717) is 12.0 Å². The van der Waals surface area contributed by atoms with Crippen LogP contribution < -0.4 is 5.73 Å². The van der Waals surface area contributed by atoms with E-state index >= 15 is 0 Å². The zero-order valence-electron chi connectivity index (χ0n) is 16.6. The van der Waals surface area contributed by atoms with Gasteiger partial charge in [-0.1, -0.05) is 72.8 Å². The third-order valence-corrected chi connectivity index (χ3v) is 5.53. The van der Waals surface area contributed by atoms with Gasteiger partial charge in [-0.3, -0.25) is 4.79 Å². The highest BCUT2D eigenvalue weighted by molar-refractivity contribution is 5.90. The van der Waals surface area contributed by atoms with Gasteiger partial charge in [-0.05, 0) is 36.3 Å². The van der Waals surface area contributed by atoms with Gasteiger partial charge in [0.2, 0.25) is 0 Å². The molecule has 0 heterocycles. The van der Waals surface area contributed by atoms with Crippen LogP contribution >= 0.6 is 0 Å². The number of allylic oxidation sites excluding steroid dienone is 2. The van der Waals surface area contributed by atoms with Crippen molar-refractivity contribution in [1.82, 2.24) is 0 Å². The van der Waals surface area contributed by atoms with Crippen molar-refractivity contribution in [3.05, 3.63) is 83.9 Å². The fourth-order valence-electron chi connectivity index (χ4n) is 3.98. The van der Waals surface area contributed by atoms with Crippen LogP contribution in [0.25, 0.3) is 0 Å². The Kier molecular flexibility index (Phi) is 6.83. The summed E-state index contributed by atoms with van der Waals surface area (Å²) < 4.78 is 10.7. The first-order valence-electron chi connectivity index (χ1n) is 9.85. The molecular formula is C24H27NO4. The number of benzene rings is 2. The van der Waals surface area contributed by atoms with Crippen molar-refractivity contribution in [2.45, 2.75) is 31.4 Å². The molecule has 0 saturated heterocycles. The normalized spacial score (nSPS) is 19.0. The number of nitrogens with two attached hydrogens (primary N) is 1. The van der Waals surface area contributed by atoms with Gasteiger partial charge in [0.05, 0.1) is 13.0 Å². The van der Waals surface area contributed by atoms with Gasteiger partial charge < -0.3 is 15.2 Å². The van der Waals surface area contributed by atoms with Crippen molar-refractivity contribution >= 4 is 11.9 Å². The molecule has 152 valence electrons. The fraction of sp³-hybridized carbons (Fsp3) is 0.333. The van der Waals surface area contributed by atoms with Gasteiger partial charge in [-0.25, -0.2) is 4.79 Å². The molecule has 2 N–H and O–H groups in total. The van der Waals surface area contributed by atoms with E-state index in [-0.39, 0.29) is 12.5 Å². The Balaban J connectivity index is 1.98. The largest absolute Gasteiger partial charge is 0.469 e. The van der Waals surface area contributed by atoms with Crippen LogP contribution in [0.1, 0.15) is 30.4 Å². The average molecular weight is 393 g/mol. The van der Waals surface area contributed by atoms with E-state index in [0.717, 1.165) is 18.4 Å². The Bertz CT molecular complexity index is 850. The summed E-state index contributed by atoms with van der Waals surface area (Å²) in [5.41, 5.74) is 6.54. The van der Waals surface area contributed by atoms with Crippen molar-refractivity contribution in [1.29, 1.82) is 0 Å². The molecule has 2 aromatic rings. The predicted molar refractivity (Wildman–Crippen MR) is 111 cm³/mol. The van der Waals surface area contributed by atoms with Gasteiger partial charge in [0.15, 0.2) is 5.54 Å². The first kappa shape index (κ1) is 20.8. The lowest BCUT2D eigenvalue weighted by atomic mass is 9.69. The molecule has 1 aliphatic carbocycles. The van der Waals surface area contributed by atoms with Crippen LogP contribution in [0.4, 0.5) is 0 Å². The fourth-order valence-corrected chi connectivity index (χ4v) is 3.98. The van der Waals surface area contributed by atoms with E-state index in [1.54, 1.807) is 24.3 Å². The average Bonchev–Trinajstić information content (AvgIpc) is 2.79. The molecule has 5 nitrogen and oxygen atoms in total. The van der Waals surface area contributed by atoms with Crippen LogP contribution in [0, 0.1) is 11.8 Å². The number of ether oxygens (including phenoxy) is 2. The highest BCUT2D eigenvalue weighted by atomic mass is 16.5. The lowest BCUT2D eigenvalue weighted by molar-refractivity contribution is -0.165. The first-order valence-corrected chi connectivity index (χ1v) is 9.85. The Hall–Kier alpha value is -2.92. The molecule has 0 aliphatic heterocycles. The third kappa shape index (κ3) is 4.57. The summed E-state index contributed by atoms with van der Waals surface area (Å²) in [4.78, 5) is 26.2. The van der Waals surface area contributed by atoms with Gasteiger partial charge in [-0.15, -0.1) is 0 Å². The maximum absolute atomic E-state index is 13.4.